The number of phenols is 1. The summed E-state index contributed by atoms with van der Waals surface area (Å²) in [4.78, 5) is 22.2. The van der Waals surface area contributed by atoms with Crippen LogP contribution in [0.25, 0.3) is 10.8 Å². The largest absolute Gasteiger partial charge is 0.507 e. The molecule has 2 N–H and O–H groups in total. The minimum Gasteiger partial charge on any atom is -0.507 e. The SMILES string of the molecule is O=C(N/N=C/c1c(O)ccc2ccccc12)c1ccc([N+](=O)[O-])c(Cl)c1. The molecule has 7 nitrogen and oxygen atoms in total. The summed E-state index contributed by atoms with van der Waals surface area (Å²) in [7, 11) is 0. The maximum atomic E-state index is 12.1. The number of nitro benzene ring substituents is 1. The zero-order chi connectivity index (χ0) is 18.7. The van der Waals surface area contributed by atoms with Crippen LogP contribution in [0.1, 0.15) is 15.9 Å². The van der Waals surface area contributed by atoms with Gasteiger partial charge in [-0.25, -0.2) is 5.43 Å². The van der Waals surface area contributed by atoms with Gasteiger partial charge in [0, 0.05) is 17.2 Å². The number of nitro groups is 1. The van der Waals surface area contributed by atoms with E-state index in [1.165, 1.54) is 18.3 Å². The van der Waals surface area contributed by atoms with E-state index in [2.05, 4.69) is 10.5 Å². The summed E-state index contributed by atoms with van der Waals surface area (Å²) >= 11 is 5.79. The molecule has 0 aliphatic heterocycles. The Morgan fingerprint density at radius 3 is 2.69 bits per heavy atom. The van der Waals surface area contributed by atoms with Crippen LogP contribution in [0.5, 0.6) is 5.75 Å². The van der Waals surface area contributed by atoms with Crippen LogP contribution in [0.4, 0.5) is 5.69 Å². The molecular formula is C18H12ClN3O4. The molecule has 0 saturated carbocycles. The Hall–Kier alpha value is -3.45. The number of phenolic OH excluding ortho intramolecular Hbond substituents is 1. The van der Waals surface area contributed by atoms with Crippen molar-refractivity contribution in [1.82, 2.24) is 5.43 Å². The lowest BCUT2D eigenvalue weighted by molar-refractivity contribution is -0.384. The van der Waals surface area contributed by atoms with E-state index in [0.29, 0.717) is 5.56 Å². The third kappa shape index (κ3) is 3.47. The van der Waals surface area contributed by atoms with Crippen LogP contribution < -0.4 is 5.43 Å². The van der Waals surface area contributed by atoms with E-state index >= 15 is 0 Å². The van der Waals surface area contributed by atoms with E-state index in [4.69, 9.17) is 11.6 Å². The highest BCUT2D eigenvalue weighted by Crippen LogP contribution is 2.26. The van der Waals surface area contributed by atoms with Crippen LogP contribution >= 0.6 is 11.6 Å². The van der Waals surface area contributed by atoms with Gasteiger partial charge in [-0.2, -0.15) is 5.10 Å². The van der Waals surface area contributed by atoms with Crippen molar-refractivity contribution in [3.63, 3.8) is 0 Å². The molecule has 0 bridgehead atoms. The first-order valence-electron chi connectivity index (χ1n) is 7.45. The van der Waals surface area contributed by atoms with Crippen LogP contribution in [0, 0.1) is 10.1 Å². The molecule has 130 valence electrons. The molecule has 0 radical (unpaired) electrons. The Balaban J connectivity index is 1.81. The molecule has 3 aromatic rings. The monoisotopic (exact) mass is 369 g/mol. The van der Waals surface area contributed by atoms with Crippen LogP contribution in [-0.2, 0) is 0 Å². The Labute approximate surface area is 152 Å². The normalized spacial score (nSPS) is 11.0. The van der Waals surface area contributed by atoms with Crippen molar-refractivity contribution in [2.24, 2.45) is 5.10 Å². The highest BCUT2D eigenvalue weighted by Gasteiger charge is 2.15. The zero-order valence-electron chi connectivity index (χ0n) is 13.2. The van der Waals surface area contributed by atoms with Gasteiger partial charge in [0.05, 0.1) is 11.1 Å². The van der Waals surface area contributed by atoms with Crippen molar-refractivity contribution < 1.29 is 14.8 Å². The third-order valence-corrected chi connectivity index (χ3v) is 4.02. The second-order valence-electron chi connectivity index (χ2n) is 5.34. The van der Waals surface area contributed by atoms with Crippen molar-refractivity contribution in [1.29, 1.82) is 0 Å². The number of rotatable bonds is 4. The van der Waals surface area contributed by atoms with Crippen LogP contribution in [0.2, 0.25) is 5.02 Å². The zero-order valence-corrected chi connectivity index (χ0v) is 14.0. The van der Waals surface area contributed by atoms with Gasteiger partial charge in [0.25, 0.3) is 11.6 Å². The van der Waals surface area contributed by atoms with E-state index in [0.717, 1.165) is 16.8 Å². The number of carbonyl (C=O) groups excluding carboxylic acids is 1. The Morgan fingerprint density at radius 1 is 1.19 bits per heavy atom. The summed E-state index contributed by atoms with van der Waals surface area (Å²) in [5.41, 5.74) is 2.61. The van der Waals surface area contributed by atoms with Gasteiger partial charge < -0.3 is 5.11 Å². The molecule has 0 saturated heterocycles. The number of fused-ring (bicyclic) bond motifs is 1. The minimum atomic E-state index is -0.633. The number of nitrogens with zero attached hydrogens (tertiary/aromatic N) is 2. The number of carbonyl (C=O) groups is 1. The molecular weight excluding hydrogens is 358 g/mol. The average Bonchev–Trinajstić information content (AvgIpc) is 2.63. The van der Waals surface area contributed by atoms with Crippen molar-refractivity contribution >= 4 is 40.2 Å². The van der Waals surface area contributed by atoms with Gasteiger partial charge in [0.15, 0.2) is 0 Å². The summed E-state index contributed by atoms with van der Waals surface area (Å²) in [6, 6.07) is 14.4. The van der Waals surface area contributed by atoms with Gasteiger partial charge in [-0.1, -0.05) is 41.9 Å². The Kier molecular flexibility index (Phi) is 4.81. The molecule has 0 heterocycles. The highest BCUT2D eigenvalue weighted by molar-refractivity contribution is 6.33. The second kappa shape index (κ2) is 7.20. The number of halogens is 1. The average molecular weight is 370 g/mol. The van der Waals surface area contributed by atoms with Gasteiger partial charge in [0.2, 0.25) is 0 Å². The number of hydrogen-bond donors (Lipinski definition) is 2. The lowest BCUT2D eigenvalue weighted by atomic mass is 10.0. The predicted molar refractivity (Wildman–Crippen MR) is 98.8 cm³/mol. The number of amides is 1. The fraction of sp³-hybridized carbons (Fsp3) is 0. The van der Waals surface area contributed by atoms with Gasteiger partial charge in [-0.05, 0) is 29.0 Å². The van der Waals surface area contributed by atoms with Gasteiger partial charge in [-0.3, -0.25) is 14.9 Å². The first-order chi connectivity index (χ1) is 12.5. The van der Waals surface area contributed by atoms with E-state index in [-0.39, 0.29) is 22.0 Å². The molecule has 0 aliphatic carbocycles. The van der Waals surface area contributed by atoms with Gasteiger partial charge in [-0.15, -0.1) is 0 Å². The topological polar surface area (TPSA) is 105 Å². The first kappa shape index (κ1) is 17.4. The molecule has 3 aromatic carbocycles. The Bertz CT molecular complexity index is 1050. The van der Waals surface area contributed by atoms with Crippen molar-refractivity contribution in [3.8, 4) is 5.75 Å². The van der Waals surface area contributed by atoms with Crippen LogP contribution in [0.15, 0.2) is 59.7 Å². The van der Waals surface area contributed by atoms with E-state index in [9.17, 15) is 20.0 Å². The summed E-state index contributed by atoms with van der Waals surface area (Å²) < 4.78 is 0. The van der Waals surface area contributed by atoms with Crippen molar-refractivity contribution in [3.05, 3.63) is 80.9 Å². The lowest BCUT2D eigenvalue weighted by Crippen LogP contribution is -2.17. The molecule has 0 aromatic heterocycles. The standard InChI is InChI=1S/C18H12ClN3O4/c19-15-9-12(5-7-16(15)22(25)26)18(24)21-20-10-14-13-4-2-1-3-11(13)6-8-17(14)23/h1-10,23H,(H,21,24)/b20-10+. The number of hydrazone groups is 1. The van der Waals surface area contributed by atoms with Crippen LogP contribution in [0.3, 0.4) is 0 Å². The fourth-order valence-corrected chi connectivity index (χ4v) is 2.69. The third-order valence-electron chi connectivity index (χ3n) is 3.71. The van der Waals surface area contributed by atoms with E-state index in [1.54, 1.807) is 12.1 Å². The summed E-state index contributed by atoms with van der Waals surface area (Å²) in [5, 5.41) is 26.2. The molecule has 0 aliphatic rings. The predicted octanol–water partition coefficient (Wildman–Crippen LogP) is 3.87. The first-order valence-corrected chi connectivity index (χ1v) is 7.83. The second-order valence-corrected chi connectivity index (χ2v) is 5.75. The Morgan fingerprint density at radius 2 is 1.96 bits per heavy atom. The van der Waals surface area contributed by atoms with Crippen molar-refractivity contribution in [2.75, 3.05) is 0 Å². The smallest absolute Gasteiger partial charge is 0.287 e. The fourth-order valence-electron chi connectivity index (χ4n) is 2.44. The molecule has 0 unspecified atom stereocenters. The van der Waals surface area contributed by atoms with E-state index < -0.39 is 10.8 Å². The van der Waals surface area contributed by atoms with Gasteiger partial charge >= 0.3 is 0 Å². The molecule has 0 atom stereocenters. The van der Waals surface area contributed by atoms with Crippen LogP contribution in [-0.4, -0.2) is 22.2 Å². The van der Waals surface area contributed by atoms with Crippen molar-refractivity contribution in [2.45, 2.75) is 0 Å². The molecule has 0 spiro atoms. The molecule has 26 heavy (non-hydrogen) atoms. The highest BCUT2D eigenvalue weighted by atomic mass is 35.5. The molecule has 0 fully saturated rings. The molecule has 8 heteroatoms. The lowest BCUT2D eigenvalue weighted by Gasteiger charge is -2.05. The minimum absolute atomic E-state index is 0.0279. The maximum absolute atomic E-state index is 12.1. The number of nitrogens with one attached hydrogen (secondary N) is 1. The number of hydrogen-bond acceptors (Lipinski definition) is 5. The molecule has 1 amide bonds. The number of aromatic hydroxyl groups is 1. The van der Waals surface area contributed by atoms with Gasteiger partial charge in [0.1, 0.15) is 10.8 Å². The summed E-state index contributed by atoms with van der Waals surface area (Å²) in [6.07, 6.45) is 1.34. The van der Waals surface area contributed by atoms with E-state index in [1.807, 2.05) is 24.3 Å². The molecule has 3 rings (SSSR count). The summed E-state index contributed by atoms with van der Waals surface area (Å²) in [5.74, 6) is -0.558. The number of benzene rings is 3. The summed E-state index contributed by atoms with van der Waals surface area (Å²) in [6.45, 7) is 0. The quantitative estimate of drug-likeness (QED) is 0.413. The maximum Gasteiger partial charge on any atom is 0.287 e.